The van der Waals surface area contributed by atoms with Gasteiger partial charge in [0.15, 0.2) is 18.4 Å². The highest BCUT2D eigenvalue weighted by Gasteiger charge is 2.68. The predicted molar refractivity (Wildman–Crippen MR) is 228 cm³/mol. The van der Waals surface area contributed by atoms with Gasteiger partial charge in [-0.25, -0.2) is 0 Å². The molecule has 366 valence electrons. The van der Waals surface area contributed by atoms with Gasteiger partial charge in [-0.2, -0.15) is 0 Å². The number of ketones is 1. The van der Waals surface area contributed by atoms with E-state index >= 15 is 4.79 Å². The van der Waals surface area contributed by atoms with Gasteiger partial charge >= 0.3 is 0 Å². The summed E-state index contributed by atoms with van der Waals surface area (Å²) in [6.45, 7) is 16.3. The maximum atomic E-state index is 15.5. The highest BCUT2D eigenvalue weighted by Crippen LogP contribution is 2.74. The maximum absolute atomic E-state index is 15.5. The minimum Gasteiger partial charge on any atom is -0.394 e. The Bertz CT molecular complexity index is 1770. The van der Waals surface area contributed by atoms with Crippen molar-refractivity contribution in [3.8, 4) is 0 Å². The topological polar surface area (TPSA) is 266 Å². The van der Waals surface area contributed by atoms with Crippen molar-refractivity contribution in [2.45, 2.75) is 224 Å². The van der Waals surface area contributed by atoms with Crippen LogP contribution in [-0.4, -0.2) is 168 Å². The molecular weight excluding hydrogens is 833 g/mol. The lowest BCUT2D eigenvalue weighted by Crippen LogP contribution is -2.67. The second-order valence-corrected chi connectivity index (χ2v) is 23.4. The number of ether oxygens (including phenoxy) is 5. The van der Waals surface area contributed by atoms with Gasteiger partial charge in [-0.05, 0) is 111 Å². The first-order valence-corrected chi connectivity index (χ1v) is 24.0. The summed E-state index contributed by atoms with van der Waals surface area (Å²) < 4.78 is 29.1. The van der Waals surface area contributed by atoms with E-state index in [4.69, 9.17) is 23.7 Å². The molecule has 22 atom stereocenters. The van der Waals surface area contributed by atoms with Gasteiger partial charge in [-0.3, -0.25) is 4.79 Å². The number of carbonyl (C=O) groups excluding carboxylic acids is 1. The van der Waals surface area contributed by atoms with Gasteiger partial charge in [0.05, 0.1) is 25.4 Å². The van der Waals surface area contributed by atoms with Gasteiger partial charge in [0.2, 0.25) is 0 Å². The second-order valence-electron chi connectivity index (χ2n) is 23.4. The van der Waals surface area contributed by atoms with Crippen molar-refractivity contribution in [3.05, 3.63) is 11.1 Å². The SMILES string of the molecule is C[C@@H]1O[C@@H](O[C@H]2[C@H](O)[C@@H](O)[C@H](OC[C@H]3O[C@@H](C(=O)[C@@]45CCC6=C(CC[C@@H]7[C@@]8(C)CC[C@@H](O)C(C)(C)[C@@H]8CC[C@@]67C)[C@]4(C)CC(C)(C)CC5)[C@H](O)[C@@H](O)[C@@H]3O)O[C@@H]2CO)[C@H](O)[C@H](O)[C@H]1O. The second kappa shape index (κ2) is 17.0. The number of allylic oxidation sites excluding steroid dienone is 2. The molecule has 0 unspecified atom stereocenters. The smallest absolute Gasteiger partial charge is 0.187 e. The molecule has 0 spiro atoms. The third kappa shape index (κ3) is 7.46. The molecular formula is C48H78O16. The van der Waals surface area contributed by atoms with E-state index in [0.717, 1.165) is 57.8 Å². The molecule has 16 nitrogen and oxygen atoms in total. The fourth-order valence-electron chi connectivity index (χ4n) is 15.5. The van der Waals surface area contributed by atoms with Crippen LogP contribution >= 0.6 is 0 Å². The summed E-state index contributed by atoms with van der Waals surface area (Å²) in [6, 6.07) is 0. The molecule has 0 radical (unpaired) electrons. The largest absolute Gasteiger partial charge is 0.394 e. The third-order valence-corrected chi connectivity index (χ3v) is 19.1. The fourth-order valence-corrected chi connectivity index (χ4v) is 15.5. The summed E-state index contributed by atoms with van der Waals surface area (Å²) in [6.07, 6.45) is -14.7. The summed E-state index contributed by atoms with van der Waals surface area (Å²) in [5.74, 6) is 0.545. The molecule has 3 aliphatic heterocycles. The first-order chi connectivity index (χ1) is 29.8. The molecule has 16 heteroatoms. The van der Waals surface area contributed by atoms with E-state index in [1.165, 1.54) is 18.1 Å². The summed E-state index contributed by atoms with van der Waals surface area (Å²) in [7, 11) is 0. The number of aliphatic hydroxyl groups excluding tert-OH is 10. The number of rotatable bonds is 8. The molecule has 0 aromatic carbocycles. The van der Waals surface area contributed by atoms with Gasteiger partial charge in [-0.1, -0.05) is 59.6 Å². The zero-order valence-corrected chi connectivity index (χ0v) is 39.0. The lowest BCUT2D eigenvalue weighted by atomic mass is 9.36. The average molecular weight is 911 g/mol. The molecule has 0 bridgehead atoms. The number of hydrogen-bond donors (Lipinski definition) is 10. The van der Waals surface area contributed by atoms with E-state index in [2.05, 4.69) is 48.5 Å². The molecule has 0 aromatic rings. The average Bonchev–Trinajstić information content (AvgIpc) is 3.23. The Morgan fingerprint density at radius 3 is 2.00 bits per heavy atom. The van der Waals surface area contributed by atoms with E-state index in [1.54, 1.807) is 0 Å². The van der Waals surface area contributed by atoms with Crippen LogP contribution in [0.3, 0.4) is 0 Å². The van der Waals surface area contributed by atoms with Gasteiger partial charge in [0.1, 0.15) is 73.2 Å². The molecule has 6 fully saturated rings. The number of carbonyl (C=O) groups is 1. The minimum atomic E-state index is -1.82. The Kier molecular flexibility index (Phi) is 13.1. The molecule has 3 saturated carbocycles. The highest BCUT2D eigenvalue weighted by molar-refractivity contribution is 5.91. The van der Waals surface area contributed by atoms with Crippen molar-refractivity contribution >= 4 is 5.78 Å². The Balaban J connectivity index is 1.02. The minimum absolute atomic E-state index is 0.0589. The van der Waals surface area contributed by atoms with Crippen molar-refractivity contribution < 1.29 is 79.5 Å². The van der Waals surface area contributed by atoms with Crippen molar-refractivity contribution in [2.24, 2.45) is 44.3 Å². The zero-order chi connectivity index (χ0) is 46.9. The van der Waals surface area contributed by atoms with Crippen LogP contribution in [0.25, 0.3) is 0 Å². The molecule has 0 amide bonds. The molecule has 64 heavy (non-hydrogen) atoms. The Hall–Kier alpha value is -1.19. The molecule has 8 rings (SSSR count). The Morgan fingerprint density at radius 2 is 1.31 bits per heavy atom. The third-order valence-electron chi connectivity index (χ3n) is 19.1. The summed E-state index contributed by atoms with van der Waals surface area (Å²) >= 11 is 0. The molecule has 5 aliphatic carbocycles. The van der Waals surface area contributed by atoms with Crippen molar-refractivity contribution in [1.29, 1.82) is 0 Å². The lowest BCUT2D eigenvalue weighted by Gasteiger charge is -2.68. The summed E-state index contributed by atoms with van der Waals surface area (Å²) in [5.41, 5.74) is 1.10. The van der Waals surface area contributed by atoms with Gasteiger partial charge < -0.3 is 74.7 Å². The molecule has 10 N–H and O–H groups in total. The first-order valence-electron chi connectivity index (χ1n) is 24.0. The van der Waals surface area contributed by atoms with Crippen LogP contribution in [0, 0.1) is 44.3 Å². The Labute approximate surface area is 377 Å². The van der Waals surface area contributed by atoms with Crippen molar-refractivity contribution in [3.63, 3.8) is 0 Å². The number of fused-ring (bicyclic) bond motifs is 6. The first kappa shape index (κ1) is 49.2. The highest BCUT2D eigenvalue weighted by atomic mass is 16.7. The maximum Gasteiger partial charge on any atom is 0.187 e. The normalized spacial score (nSPS) is 53.7. The van der Waals surface area contributed by atoms with Crippen LogP contribution in [0.4, 0.5) is 0 Å². The molecule has 8 aliphatic rings. The van der Waals surface area contributed by atoms with Crippen LogP contribution < -0.4 is 0 Å². The van der Waals surface area contributed by atoms with E-state index in [1.807, 2.05) is 0 Å². The van der Waals surface area contributed by atoms with Gasteiger partial charge in [0, 0.05) is 10.8 Å². The van der Waals surface area contributed by atoms with Crippen LogP contribution in [0.2, 0.25) is 0 Å². The van der Waals surface area contributed by atoms with Crippen LogP contribution in [0.5, 0.6) is 0 Å². The quantitative estimate of drug-likeness (QED) is 0.154. The molecule has 3 heterocycles. The summed E-state index contributed by atoms with van der Waals surface area (Å²) in [5, 5.41) is 109. The number of Topliss-reactive ketones (excluding diaryl/α,β-unsaturated/α-hetero) is 1. The Morgan fingerprint density at radius 1 is 0.641 bits per heavy atom. The molecule has 3 saturated heterocycles. The van der Waals surface area contributed by atoms with E-state index < -0.39 is 116 Å². The van der Waals surface area contributed by atoms with Gasteiger partial charge in [-0.15, -0.1) is 0 Å². The van der Waals surface area contributed by atoms with E-state index in [-0.39, 0.29) is 33.5 Å². The van der Waals surface area contributed by atoms with E-state index in [0.29, 0.717) is 24.7 Å². The fraction of sp³-hybridized carbons (Fsp3) is 0.938. The van der Waals surface area contributed by atoms with Crippen molar-refractivity contribution in [2.75, 3.05) is 13.2 Å². The molecule has 0 aromatic heterocycles. The lowest BCUT2D eigenvalue weighted by molar-refractivity contribution is -0.359. The number of aliphatic hydroxyl groups is 10. The predicted octanol–water partition coefficient (Wildman–Crippen LogP) is 1.38. The number of hydrogen-bond acceptors (Lipinski definition) is 16. The monoisotopic (exact) mass is 911 g/mol. The van der Waals surface area contributed by atoms with Crippen molar-refractivity contribution in [1.82, 2.24) is 0 Å². The van der Waals surface area contributed by atoms with E-state index in [9.17, 15) is 51.1 Å². The van der Waals surface area contributed by atoms with Crippen LogP contribution in [0.1, 0.15) is 126 Å². The van der Waals surface area contributed by atoms with Crippen LogP contribution in [-0.2, 0) is 28.5 Å². The zero-order valence-electron chi connectivity index (χ0n) is 39.0. The summed E-state index contributed by atoms with van der Waals surface area (Å²) in [4.78, 5) is 15.5. The van der Waals surface area contributed by atoms with Crippen LogP contribution in [0.15, 0.2) is 11.1 Å². The van der Waals surface area contributed by atoms with Gasteiger partial charge in [0.25, 0.3) is 0 Å². The standard InChI is InChI=1S/C48H78O16/c1-22-30(51)32(53)36(57)42(61-22)64-38-25(19-49)63-41(37(58)35(38)56)60-20-26-31(52)33(54)34(55)39(62-26)40(59)48-16-11-23-24(47(48,8)21-43(2,3)17-18-48)9-10-28-45(23,6)14-12-27-44(4,5)29(50)13-15-46(27,28)7/h22,25-39,41-42,49-58H,9-21H2,1-8H3/t22-,25+,26+,27-,28-,29+,30-,31+,32+,33-,34+,35+,36+,37+,38+,39+,41+,42-,45-,46-,47-,48-/m0/s1.